The van der Waals surface area contributed by atoms with Crippen molar-refractivity contribution in [1.82, 2.24) is 9.38 Å². The molecular formula is C10H8BrClN2O. The molecule has 0 amide bonds. The van der Waals surface area contributed by atoms with Crippen molar-refractivity contribution in [3.05, 3.63) is 43.9 Å². The molecule has 0 saturated carbocycles. The number of hydrogen-bond donors (Lipinski definition) is 0. The Hall–Kier alpha value is -0.870. The van der Waals surface area contributed by atoms with Gasteiger partial charge in [0.2, 0.25) is 0 Å². The number of pyridine rings is 1. The zero-order valence-corrected chi connectivity index (χ0v) is 10.3. The van der Waals surface area contributed by atoms with E-state index in [4.69, 9.17) is 11.6 Å². The van der Waals surface area contributed by atoms with Gasteiger partial charge in [-0.25, -0.2) is 4.98 Å². The minimum absolute atomic E-state index is 0.103. The van der Waals surface area contributed by atoms with E-state index in [-0.39, 0.29) is 5.56 Å². The monoisotopic (exact) mass is 286 g/mol. The van der Waals surface area contributed by atoms with Crippen LogP contribution in [0.2, 0.25) is 5.15 Å². The topological polar surface area (TPSA) is 34.4 Å². The van der Waals surface area contributed by atoms with Gasteiger partial charge < -0.3 is 0 Å². The highest BCUT2D eigenvalue weighted by Crippen LogP contribution is 2.14. The molecule has 2 heterocycles. The first-order chi connectivity index (χ1) is 7.13. The van der Waals surface area contributed by atoms with Crippen LogP contribution in [0.3, 0.4) is 0 Å². The van der Waals surface area contributed by atoms with E-state index in [1.165, 1.54) is 4.40 Å². The Labute approximate surface area is 99.8 Å². The molecule has 0 aromatic carbocycles. The minimum atomic E-state index is -0.103. The van der Waals surface area contributed by atoms with Crippen molar-refractivity contribution >= 4 is 33.2 Å². The van der Waals surface area contributed by atoms with Gasteiger partial charge in [0.05, 0.1) is 5.56 Å². The summed E-state index contributed by atoms with van der Waals surface area (Å²) in [5.74, 6) is 0. The van der Waals surface area contributed by atoms with Crippen LogP contribution < -0.4 is 5.56 Å². The van der Waals surface area contributed by atoms with E-state index in [0.717, 1.165) is 4.47 Å². The minimum Gasteiger partial charge on any atom is -0.269 e. The van der Waals surface area contributed by atoms with Crippen LogP contribution in [0.4, 0.5) is 0 Å². The number of rotatable bonds is 1. The molecule has 2 rings (SSSR count). The van der Waals surface area contributed by atoms with Gasteiger partial charge in [0.15, 0.2) is 0 Å². The van der Waals surface area contributed by atoms with Gasteiger partial charge in [-0.1, -0.05) is 18.5 Å². The summed E-state index contributed by atoms with van der Waals surface area (Å²) in [4.78, 5) is 16.1. The molecule has 0 aliphatic carbocycles. The molecule has 5 heteroatoms. The second kappa shape index (κ2) is 3.94. The SMILES string of the molecule is CCc1c(Cl)nc2ccc(Br)cn2c1=O. The van der Waals surface area contributed by atoms with Gasteiger partial charge in [-0.2, -0.15) is 0 Å². The van der Waals surface area contributed by atoms with Gasteiger partial charge in [0.1, 0.15) is 10.8 Å². The third-order valence-corrected chi connectivity index (χ3v) is 2.96. The molecule has 0 atom stereocenters. The van der Waals surface area contributed by atoms with Crippen LogP contribution in [-0.4, -0.2) is 9.38 Å². The predicted molar refractivity (Wildman–Crippen MR) is 63.6 cm³/mol. The van der Waals surface area contributed by atoms with Gasteiger partial charge in [-0.3, -0.25) is 9.20 Å². The summed E-state index contributed by atoms with van der Waals surface area (Å²) in [5, 5.41) is 0.296. The smallest absolute Gasteiger partial charge is 0.262 e. The van der Waals surface area contributed by atoms with E-state index in [1.807, 2.05) is 13.0 Å². The van der Waals surface area contributed by atoms with Crippen LogP contribution in [0.25, 0.3) is 5.65 Å². The van der Waals surface area contributed by atoms with Crippen LogP contribution in [-0.2, 0) is 6.42 Å². The fraction of sp³-hybridized carbons (Fsp3) is 0.200. The number of aromatic nitrogens is 2. The molecular weight excluding hydrogens is 279 g/mol. The van der Waals surface area contributed by atoms with Crippen LogP contribution in [0.5, 0.6) is 0 Å². The van der Waals surface area contributed by atoms with E-state index in [1.54, 1.807) is 12.3 Å². The molecule has 0 aliphatic heterocycles. The maximum absolute atomic E-state index is 12.0. The fourth-order valence-corrected chi connectivity index (χ4v) is 2.06. The number of hydrogen-bond acceptors (Lipinski definition) is 2. The molecule has 2 aromatic heterocycles. The lowest BCUT2D eigenvalue weighted by atomic mass is 10.2. The maximum atomic E-state index is 12.0. The highest BCUT2D eigenvalue weighted by molar-refractivity contribution is 9.10. The van der Waals surface area contributed by atoms with E-state index in [0.29, 0.717) is 22.8 Å². The standard InChI is InChI=1S/C10H8BrClN2O/c1-2-7-9(12)13-8-4-3-6(11)5-14(8)10(7)15/h3-5H,2H2,1H3. The normalized spacial score (nSPS) is 10.9. The fourth-order valence-electron chi connectivity index (χ4n) is 1.42. The van der Waals surface area contributed by atoms with Gasteiger partial charge in [0.25, 0.3) is 5.56 Å². The summed E-state index contributed by atoms with van der Waals surface area (Å²) >= 11 is 9.22. The Morgan fingerprint density at radius 1 is 1.53 bits per heavy atom. The van der Waals surface area contributed by atoms with Gasteiger partial charge >= 0.3 is 0 Å². The summed E-state index contributed by atoms with van der Waals surface area (Å²) in [5.41, 5.74) is 1.01. The van der Waals surface area contributed by atoms with E-state index in [2.05, 4.69) is 20.9 Å². The Morgan fingerprint density at radius 2 is 2.27 bits per heavy atom. The average molecular weight is 288 g/mol. The van der Waals surface area contributed by atoms with Crippen LogP contribution >= 0.6 is 27.5 Å². The molecule has 0 unspecified atom stereocenters. The molecule has 3 nitrogen and oxygen atoms in total. The first kappa shape index (κ1) is 10.6. The summed E-state index contributed by atoms with van der Waals surface area (Å²) in [6.45, 7) is 1.88. The van der Waals surface area contributed by atoms with Crippen molar-refractivity contribution in [3.8, 4) is 0 Å². The van der Waals surface area contributed by atoms with Crippen molar-refractivity contribution in [2.45, 2.75) is 13.3 Å². The highest BCUT2D eigenvalue weighted by atomic mass is 79.9. The lowest BCUT2D eigenvalue weighted by Crippen LogP contribution is -2.19. The third kappa shape index (κ3) is 1.79. The third-order valence-electron chi connectivity index (χ3n) is 2.18. The Bertz CT molecular complexity index is 579. The quantitative estimate of drug-likeness (QED) is 0.756. The summed E-state index contributed by atoms with van der Waals surface area (Å²) in [7, 11) is 0. The van der Waals surface area contributed by atoms with Gasteiger partial charge in [-0.15, -0.1) is 0 Å². The number of fused-ring (bicyclic) bond motifs is 1. The second-order valence-electron chi connectivity index (χ2n) is 3.12. The number of nitrogens with zero attached hydrogens (tertiary/aromatic N) is 2. The predicted octanol–water partition coefficient (Wildman–Crippen LogP) is 2.67. The summed E-state index contributed by atoms with van der Waals surface area (Å²) < 4.78 is 2.33. The first-order valence-electron chi connectivity index (χ1n) is 4.49. The Morgan fingerprint density at radius 3 is 2.93 bits per heavy atom. The lowest BCUT2D eigenvalue weighted by Gasteiger charge is -2.04. The van der Waals surface area contributed by atoms with Crippen LogP contribution in [0.1, 0.15) is 12.5 Å². The molecule has 15 heavy (non-hydrogen) atoms. The van der Waals surface area contributed by atoms with Crippen molar-refractivity contribution in [3.63, 3.8) is 0 Å². The maximum Gasteiger partial charge on any atom is 0.262 e. The highest BCUT2D eigenvalue weighted by Gasteiger charge is 2.08. The Balaban J connectivity index is 2.92. The van der Waals surface area contributed by atoms with Crippen LogP contribution in [0.15, 0.2) is 27.6 Å². The molecule has 0 bridgehead atoms. The largest absolute Gasteiger partial charge is 0.269 e. The molecule has 0 aliphatic rings. The lowest BCUT2D eigenvalue weighted by molar-refractivity contribution is 0.964. The first-order valence-corrected chi connectivity index (χ1v) is 5.67. The van der Waals surface area contributed by atoms with E-state index < -0.39 is 0 Å². The molecule has 78 valence electrons. The van der Waals surface area contributed by atoms with Gasteiger partial charge in [0, 0.05) is 10.7 Å². The second-order valence-corrected chi connectivity index (χ2v) is 4.39. The van der Waals surface area contributed by atoms with E-state index >= 15 is 0 Å². The Kier molecular flexibility index (Phi) is 2.80. The molecule has 0 fully saturated rings. The number of halogens is 2. The summed E-state index contributed by atoms with van der Waals surface area (Å²) in [6.07, 6.45) is 2.28. The zero-order chi connectivity index (χ0) is 11.0. The molecule has 0 N–H and O–H groups in total. The molecule has 2 aromatic rings. The van der Waals surface area contributed by atoms with Crippen molar-refractivity contribution in [1.29, 1.82) is 0 Å². The van der Waals surface area contributed by atoms with Crippen molar-refractivity contribution in [2.75, 3.05) is 0 Å². The van der Waals surface area contributed by atoms with Crippen molar-refractivity contribution in [2.24, 2.45) is 0 Å². The molecule has 0 spiro atoms. The zero-order valence-electron chi connectivity index (χ0n) is 8.00. The van der Waals surface area contributed by atoms with Crippen LogP contribution in [0, 0.1) is 0 Å². The summed E-state index contributed by atoms with van der Waals surface area (Å²) in [6, 6.07) is 3.57. The van der Waals surface area contributed by atoms with E-state index in [9.17, 15) is 4.79 Å². The molecule has 0 saturated heterocycles. The molecule has 0 radical (unpaired) electrons. The average Bonchev–Trinajstić information content (AvgIpc) is 2.20. The van der Waals surface area contributed by atoms with Gasteiger partial charge in [-0.05, 0) is 34.5 Å². The van der Waals surface area contributed by atoms with Crippen molar-refractivity contribution < 1.29 is 0 Å².